The molecule has 2 aromatic carbocycles. The van der Waals surface area contributed by atoms with E-state index in [1.807, 2.05) is 0 Å². The van der Waals surface area contributed by atoms with Gasteiger partial charge in [-0.2, -0.15) is 0 Å². The predicted molar refractivity (Wildman–Crippen MR) is 92.2 cm³/mol. The molecule has 3 aromatic rings. The van der Waals surface area contributed by atoms with Gasteiger partial charge < -0.3 is 9.84 Å². The Labute approximate surface area is 146 Å². The molecule has 0 aliphatic carbocycles. The van der Waals surface area contributed by atoms with Crippen molar-refractivity contribution >= 4 is 42.8 Å². The maximum Gasteiger partial charge on any atom is 0.337 e. The van der Waals surface area contributed by atoms with Crippen molar-refractivity contribution in [2.75, 3.05) is 7.11 Å². The molecule has 0 aliphatic rings. The van der Waals surface area contributed by atoms with Crippen LogP contribution in [0.25, 0.3) is 10.9 Å². The smallest absolute Gasteiger partial charge is 0.337 e. The summed E-state index contributed by atoms with van der Waals surface area (Å²) in [6.45, 7) is 0. The van der Waals surface area contributed by atoms with Crippen molar-refractivity contribution in [3.63, 3.8) is 0 Å². The van der Waals surface area contributed by atoms with Crippen LogP contribution in [0.5, 0.6) is 5.75 Å². The molecule has 0 atom stereocenters. The number of aromatic carboxylic acids is 1. The first-order valence-corrected chi connectivity index (χ1v) is 9.01. The summed E-state index contributed by atoms with van der Waals surface area (Å²) in [5.41, 5.74) is 0.167. The highest BCUT2D eigenvalue weighted by Gasteiger charge is 2.23. The second kappa shape index (κ2) is 5.95. The fourth-order valence-corrected chi connectivity index (χ4v) is 4.03. The number of halogens is 1. The lowest BCUT2D eigenvalue weighted by atomic mass is 10.2. The normalized spacial score (nSPS) is 11.6. The lowest BCUT2D eigenvalue weighted by Crippen LogP contribution is -2.12. The summed E-state index contributed by atoms with van der Waals surface area (Å²) in [5, 5.41) is 9.67. The molecule has 0 aliphatic heterocycles. The summed E-state index contributed by atoms with van der Waals surface area (Å²) >= 11 is 3.25. The number of carboxylic acid groups (broad SMARTS) is 1. The SMILES string of the molecule is COc1ccc2c(c1)c(C(=O)O)cn2S(=O)(=O)c1ccc(Br)cc1. The van der Waals surface area contributed by atoms with E-state index >= 15 is 0 Å². The van der Waals surface area contributed by atoms with Gasteiger partial charge in [0.25, 0.3) is 10.0 Å². The molecular weight excluding hydrogens is 398 g/mol. The summed E-state index contributed by atoms with van der Waals surface area (Å²) in [6.07, 6.45) is 1.11. The van der Waals surface area contributed by atoms with Gasteiger partial charge in [0.2, 0.25) is 0 Å². The number of carbonyl (C=O) groups is 1. The van der Waals surface area contributed by atoms with Crippen LogP contribution < -0.4 is 4.74 Å². The number of nitrogens with zero attached hydrogens (tertiary/aromatic N) is 1. The monoisotopic (exact) mass is 409 g/mol. The van der Waals surface area contributed by atoms with Crippen molar-refractivity contribution < 1.29 is 23.1 Å². The minimum Gasteiger partial charge on any atom is -0.497 e. The first-order valence-electron chi connectivity index (χ1n) is 6.78. The lowest BCUT2D eigenvalue weighted by Gasteiger charge is -2.08. The Bertz CT molecular complexity index is 1040. The number of aromatic nitrogens is 1. The van der Waals surface area contributed by atoms with Gasteiger partial charge in [-0.1, -0.05) is 15.9 Å². The van der Waals surface area contributed by atoms with E-state index in [2.05, 4.69) is 15.9 Å². The number of hydrogen-bond donors (Lipinski definition) is 1. The average Bonchev–Trinajstić information content (AvgIpc) is 2.94. The fraction of sp³-hybridized carbons (Fsp3) is 0.0625. The van der Waals surface area contributed by atoms with Gasteiger partial charge in [0.05, 0.1) is 23.1 Å². The summed E-state index contributed by atoms with van der Waals surface area (Å²) < 4.78 is 32.6. The molecule has 0 saturated heterocycles. The van der Waals surface area contributed by atoms with Crippen molar-refractivity contribution in [1.82, 2.24) is 3.97 Å². The first kappa shape index (κ1) is 16.5. The number of ether oxygens (including phenoxy) is 1. The van der Waals surface area contributed by atoms with Gasteiger partial charge in [-0.15, -0.1) is 0 Å². The van der Waals surface area contributed by atoms with Crippen LogP contribution in [0.2, 0.25) is 0 Å². The molecule has 24 heavy (non-hydrogen) atoms. The summed E-state index contributed by atoms with van der Waals surface area (Å²) in [4.78, 5) is 11.5. The Morgan fingerprint density at radius 2 is 1.83 bits per heavy atom. The summed E-state index contributed by atoms with van der Waals surface area (Å²) in [7, 11) is -2.47. The van der Waals surface area contributed by atoms with E-state index in [4.69, 9.17) is 4.74 Å². The number of methoxy groups -OCH3 is 1. The Kier molecular flexibility index (Phi) is 4.10. The number of carboxylic acids is 1. The van der Waals surface area contributed by atoms with E-state index in [1.165, 1.54) is 31.4 Å². The van der Waals surface area contributed by atoms with Crippen LogP contribution in [0, 0.1) is 0 Å². The quantitative estimate of drug-likeness (QED) is 0.713. The van der Waals surface area contributed by atoms with Gasteiger partial charge in [0.1, 0.15) is 5.75 Å². The van der Waals surface area contributed by atoms with E-state index < -0.39 is 16.0 Å². The number of rotatable bonds is 4. The van der Waals surface area contributed by atoms with E-state index in [9.17, 15) is 18.3 Å². The average molecular weight is 410 g/mol. The van der Waals surface area contributed by atoms with E-state index in [-0.39, 0.29) is 16.0 Å². The van der Waals surface area contributed by atoms with Gasteiger partial charge in [-0.3, -0.25) is 0 Å². The first-order chi connectivity index (χ1) is 11.3. The standard InChI is InChI=1S/C16H12BrNO5S/c1-23-11-4-7-15-13(8-11)14(16(19)20)9-18(15)24(21,22)12-5-2-10(17)3-6-12/h2-9H,1H3,(H,19,20). The molecule has 0 unspecified atom stereocenters. The zero-order chi connectivity index (χ0) is 17.5. The minimum atomic E-state index is -3.92. The van der Waals surface area contributed by atoms with Gasteiger partial charge in [-0.25, -0.2) is 17.2 Å². The molecule has 0 fully saturated rings. The van der Waals surface area contributed by atoms with E-state index in [0.717, 1.165) is 14.6 Å². The Balaban J connectivity index is 2.30. The zero-order valence-electron chi connectivity index (χ0n) is 12.4. The van der Waals surface area contributed by atoms with Crippen molar-refractivity contribution in [2.45, 2.75) is 4.90 Å². The van der Waals surface area contributed by atoms with Crippen LogP contribution in [-0.2, 0) is 10.0 Å². The van der Waals surface area contributed by atoms with E-state index in [1.54, 1.807) is 18.2 Å². The maximum absolute atomic E-state index is 12.9. The number of hydrogen-bond acceptors (Lipinski definition) is 4. The topological polar surface area (TPSA) is 85.6 Å². The molecule has 124 valence electrons. The van der Waals surface area contributed by atoms with Crippen molar-refractivity contribution in [2.24, 2.45) is 0 Å². The zero-order valence-corrected chi connectivity index (χ0v) is 14.8. The Morgan fingerprint density at radius 3 is 2.42 bits per heavy atom. The maximum atomic E-state index is 12.9. The Morgan fingerprint density at radius 1 is 1.17 bits per heavy atom. The lowest BCUT2D eigenvalue weighted by molar-refractivity contribution is 0.0699. The third-order valence-corrected chi connectivity index (χ3v) is 5.80. The van der Waals surface area contributed by atoms with Crippen molar-refractivity contribution in [1.29, 1.82) is 0 Å². The third kappa shape index (κ3) is 2.67. The molecule has 0 radical (unpaired) electrons. The van der Waals surface area contributed by atoms with Crippen LogP contribution in [0.1, 0.15) is 10.4 Å². The largest absolute Gasteiger partial charge is 0.497 e. The highest BCUT2D eigenvalue weighted by atomic mass is 79.9. The molecule has 0 saturated carbocycles. The van der Waals surface area contributed by atoms with Crippen LogP contribution in [0.3, 0.4) is 0 Å². The van der Waals surface area contributed by atoms with Crippen LogP contribution in [0.15, 0.2) is 58.0 Å². The highest BCUT2D eigenvalue weighted by molar-refractivity contribution is 9.10. The van der Waals surface area contributed by atoms with Gasteiger partial charge in [-0.05, 0) is 42.5 Å². The highest BCUT2D eigenvalue weighted by Crippen LogP contribution is 2.29. The summed E-state index contributed by atoms with van der Waals surface area (Å²) in [5.74, 6) is -0.762. The van der Waals surface area contributed by atoms with Gasteiger partial charge in [0.15, 0.2) is 0 Å². The molecule has 1 aromatic heterocycles. The van der Waals surface area contributed by atoms with Crippen LogP contribution in [-0.4, -0.2) is 30.6 Å². The van der Waals surface area contributed by atoms with Gasteiger partial charge >= 0.3 is 5.97 Å². The molecule has 0 amide bonds. The van der Waals surface area contributed by atoms with Gasteiger partial charge in [0, 0.05) is 16.1 Å². The van der Waals surface area contributed by atoms with Crippen LogP contribution >= 0.6 is 15.9 Å². The molecule has 0 spiro atoms. The molecule has 3 rings (SSSR count). The summed E-state index contributed by atoms with van der Waals surface area (Å²) in [6, 6.07) is 10.7. The minimum absolute atomic E-state index is 0.0651. The number of benzene rings is 2. The van der Waals surface area contributed by atoms with E-state index in [0.29, 0.717) is 11.1 Å². The second-order valence-electron chi connectivity index (χ2n) is 4.99. The van der Waals surface area contributed by atoms with Crippen molar-refractivity contribution in [3.8, 4) is 5.75 Å². The predicted octanol–water partition coefficient (Wildman–Crippen LogP) is 3.35. The molecular formula is C16H12BrNO5S. The molecule has 6 nitrogen and oxygen atoms in total. The fourth-order valence-electron chi connectivity index (χ4n) is 2.40. The van der Waals surface area contributed by atoms with Crippen LogP contribution in [0.4, 0.5) is 0 Å². The second-order valence-corrected chi connectivity index (χ2v) is 7.72. The molecule has 8 heteroatoms. The Hall–Kier alpha value is -2.32. The van der Waals surface area contributed by atoms with Crippen molar-refractivity contribution in [3.05, 3.63) is 58.7 Å². The third-order valence-electron chi connectivity index (χ3n) is 3.58. The number of fused-ring (bicyclic) bond motifs is 1. The molecule has 0 bridgehead atoms. The molecule has 1 N–H and O–H groups in total. The molecule has 1 heterocycles.